The van der Waals surface area contributed by atoms with E-state index >= 15 is 0 Å². The molecule has 34 heavy (non-hydrogen) atoms. The number of primary amides is 1. The van der Waals surface area contributed by atoms with Gasteiger partial charge in [-0.15, -0.1) is 0 Å². The van der Waals surface area contributed by atoms with Crippen LogP contribution in [0.25, 0.3) is 0 Å². The molecule has 190 valence electrons. The number of rotatable bonds is 12. The Kier molecular flexibility index (Phi) is 11.6. The highest BCUT2D eigenvalue weighted by molar-refractivity contribution is 5.67. The van der Waals surface area contributed by atoms with Gasteiger partial charge in [0.05, 0.1) is 25.9 Å². The van der Waals surface area contributed by atoms with Crippen LogP contribution in [0.1, 0.15) is 32.8 Å². The zero-order valence-corrected chi connectivity index (χ0v) is 19.8. The lowest BCUT2D eigenvalue weighted by Crippen LogP contribution is -2.57. The fourth-order valence-electron chi connectivity index (χ4n) is 3.59. The van der Waals surface area contributed by atoms with Gasteiger partial charge in [0, 0.05) is 19.4 Å². The van der Waals surface area contributed by atoms with Gasteiger partial charge in [0.1, 0.15) is 6.61 Å². The molecule has 1 unspecified atom stereocenters. The van der Waals surface area contributed by atoms with Gasteiger partial charge in [0.15, 0.2) is 18.5 Å². The van der Waals surface area contributed by atoms with Crippen molar-refractivity contribution in [3.63, 3.8) is 0 Å². The zero-order valence-electron chi connectivity index (χ0n) is 19.8. The highest BCUT2D eigenvalue weighted by Crippen LogP contribution is 2.32. The van der Waals surface area contributed by atoms with Gasteiger partial charge >= 0.3 is 18.2 Å². The standard InChI is InChI=1S/C23H34N2O9/c1-4-18-15(2)19(34-22(24)27)20(32-16(3)26)21(33-18)30-13-12-29-11-10-25-23(28)31-14-17-8-6-5-7-9-17/h5-9,15,18-21H,4,10-14H2,1-3H3,(H2,24,27)(H,25,28)/t15-,18-,19+,20?,21+/m1/s1. The van der Waals surface area contributed by atoms with E-state index in [1.165, 1.54) is 6.92 Å². The molecule has 0 radical (unpaired) electrons. The molecule has 0 bridgehead atoms. The number of nitrogens with one attached hydrogen (secondary N) is 1. The normalized spacial score (nSPS) is 24.1. The third-order valence-electron chi connectivity index (χ3n) is 5.20. The fourth-order valence-corrected chi connectivity index (χ4v) is 3.59. The predicted molar refractivity (Wildman–Crippen MR) is 120 cm³/mol. The Morgan fingerprint density at radius 3 is 2.44 bits per heavy atom. The maximum atomic E-state index is 11.7. The summed E-state index contributed by atoms with van der Waals surface area (Å²) in [5, 5.41) is 2.59. The summed E-state index contributed by atoms with van der Waals surface area (Å²) in [6, 6.07) is 9.35. The maximum absolute atomic E-state index is 11.7. The summed E-state index contributed by atoms with van der Waals surface area (Å²) in [4.78, 5) is 34.7. The molecule has 0 aromatic heterocycles. The molecule has 0 spiro atoms. The average Bonchev–Trinajstić information content (AvgIpc) is 2.80. The van der Waals surface area contributed by atoms with E-state index < -0.39 is 36.7 Å². The molecule has 3 N–H and O–H groups in total. The first-order valence-corrected chi connectivity index (χ1v) is 11.2. The summed E-state index contributed by atoms with van der Waals surface area (Å²) in [7, 11) is 0. The van der Waals surface area contributed by atoms with Crippen LogP contribution >= 0.6 is 0 Å². The first-order chi connectivity index (χ1) is 16.3. The van der Waals surface area contributed by atoms with Gasteiger partial charge < -0.3 is 39.5 Å². The lowest BCUT2D eigenvalue weighted by Gasteiger charge is -2.43. The van der Waals surface area contributed by atoms with Crippen molar-refractivity contribution in [3.8, 4) is 0 Å². The first kappa shape index (κ1) is 27.4. The molecule has 1 heterocycles. The summed E-state index contributed by atoms with van der Waals surface area (Å²) in [5.41, 5.74) is 6.10. The third kappa shape index (κ3) is 9.16. The molecule has 2 rings (SSSR count). The summed E-state index contributed by atoms with van der Waals surface area (Å²) < 4.78 is 32.8. The van der Waals surface area contributed by atoms with Gasteiger partial charge in [-0.1, -0.05) is 44.2 Å². The van der Waals surface area contributed by atoms with E-state index in [1.807, 2.05) is 44.2 Å². The number of esters is 1. The van der Waals surface area contributed by atoms with Crippen LogP contribution < -0.4 is 11.1 Å². The van der Waals surface area contributed by atoms with Crippen molar-refractivity contribution in [3.05, 3.63) is 35.9 Å². The Morgan fingerprint density at radius 2 is 1.79 bits per heavy atom. The Hall–Kier alpha value is -2.89. The molecular weight excluding hydrogens is 448 g/mol. The van der Waals surface area contributed by atoms with E-state index in [4.69, 9.17) is 34.2 Å². The molecule has 1 aromatic carbocycles. The van der Waals surface area contributed by atoms with Crippen molar-refractivity contribution in [2.24, 2.45) is 11.7 Å². The summed E-state index contributed by atoms with van der Waals surface area (Å²) >= 11 is 0. The van der Waals surface area contributed by atoms with E-state index in [1.54, 1.807) is 0 Å². The highest BCUT2D eigenvalue weighted by Gasteiger charge is 2.48. The number of hydrogen-bond acceptors (Lipinski definition) is 9. The topological polar surface area (TPSA) is 145 Å². The smallest absolute Gasteiger partial charge is 0.407 e. The second kappa shape index (κ2) is 14.4. The number of carbonyl (C=O) groups is 3. The number of hydrogen-bond donors (Lipinski definition) is 2. The molecule has 0 saturated carbocycles. The van der Waals surface area contributed by atoms with Crippen LogP contribution in [0.15, 0.2) is 30.3 Å². The largest absolute Gasteiger partial charge is 0.453 e. The van der Waals surface area contributed by atoms with E-state index in [0.29, 0.717) is 6.42 Å². The Bertz CT molecular complexity index is 777. The Balaban J connectivity index is 1.72. The second-order valence-electron chi connectivity index (χ2n) is 7.76. The quantitative estimate of drug-likeness (QED) is 0.260. The summed E-state index contributed by atoms with van der Waals surface area (Å²) in [5.74, 6) is -0.824. The van der Waals surface area contributed by atoms with Crippen LogP contribution in [-0.2, 0) is 39.8 Å². The minimum absolute atomic E-state index is 0.120. The van der Waals surface area contributed by atoms with Gasteiger partial charge in [0.25, 0.3) is 0 Å². The van der Waals surface area contributed by atoms with Crippen molar-refractivity contribution < 1.29 is 42.8 Å². The molecule has 11 nitrogen and oxygen atoms in total. The van der Waals surface area contributed by atoms with Crippen molar-refractivity contribution in [1.29, 1.82) is 0 Å². The van der Waals surface area contributed by atoms with Gasteiger partial charge in [-0.2, -0.15) is 0 Å². The van der Waals surface area contributed by atoms with Crippen molar-refractivity contribution in [1.82, 2.24) is 5.32 Å². The fraction of sp³-hybridized carbons (Fsp3) is 0.609. The van der Waals surface area contributed by atoms with Crippen molar-refractivity contribution in [2.75, 3.05) is 26.4 Å². The van der Waals surface area contributed by atoms with Crippen LogP contribution in [0.4, 0.5) is 9.59 Å². The molecular formula is C23H34N2O9. The number of alkyl carbamates (subject to hydrolysis) is 1. The minimum atomic E-state index is -0.970. The van der Waals surface area contributed by atoms with Crippen molar-refractivity contribution in [2.45, 2.75) is 58.4 Å². The lowest BCUT2D eigenvalue weighted by molar-refractivity contribution is -0.288. The van der Waals surface area contributed by atoms with E-state index in [0.717, 1.165) is 5.56 Å². The zero-order chi connectivity index (χ0) is 24.9. The number of benzene rings is 1. The van der Waals surface area contributed by atoms with E-state index in [9.17, 15) is 14.4 Å². The number of nitrogens with two attached hydrogens (primary N) is 1. The Morgan fingerprint density at radius 1 is 1.06 bits per heavy atom. The molecule has 1 fully saturated rings. The van der Waals surface area contributed by atoms with Crippen LogP contribution in [0.2, 0.25) is 0 Å². The molecule has 1 saturated heterocycles. The van der Waals surface area contributed by atoms with Gasteiger partial charge in [-0.25, -0.2) is 9.59 Å². The van der Waals surface area contributed by atoms with Gasteiger partial charge in [-0.3, -0.25) is 4.79 Å². The number of ether oxygens (including phenoxy) is 6. The molecule has 2 amide bonds. The molecule has 5 atom stereocenters. The average molecular weight is 483 g/mol. The maximum Gasteiger partial charge on any atom is 0.407 e. The van der Waals surface area contributed by atoms with Crippen molar-refractivity contribution >= 4 is 18.2 Å². The van der Waals surface area contributed by atoms with E-state index in [2.05, 4.69) is 5.32 Å². The molecule has 1 aliphatic heterocycles. The van der Waals surface area contributed by atoms with Gasteiger partial charge in [-0.05, 0) is 12.0 Å². The van der Waals surface area contributed by atoms with Gasteiger partial charge in [0.2, 0.25) is 0 Å². The SMILES string of the molecule is CC[C@H]1O[C@H](OCCOCCNC(=O)OCc2ccccc2)C(OC(C)=O)[C@@H](OC(N)=O)[C@@H]1C. The van der Waals surface area contributed by atoms with Crippen LogP contribution in [-0.4, -0.2) is 69.1 Å². The monoisotopic (exact) mass is 482 g/mol. The molecule has 11 heteroatoms. The summed E-state index contributed by atoms with van der Waals surface area (Å²) in [6.07, 6.45) is -3.89. The van der Waals surface area contributed by atoms with Crippen LogP contribution in [0.5, 0.6) is 0 Å². The summed E-state index contributed by atoms with van der Waals surface area (Å²) in [6.45, 7) is 6.00. The Labute approximate surface area is 199 Å². The first-order valence-electron chi connectivity index (χ1n) is 11.2. The van der Waals surface area contributed by atoms with Crippen LogP contribution in [0, 0.1) is 5.92 Å². The number of amides is 2. The predicted octanol–water partition coefficient (Wildman–Crippen LogP) is 2.11. The van der Waals surface area contributed by atoms with Crippen LogP contribution in [0.3, 0.4) is 0 Å². The molecule has 1 aliphatic rings. The second-order valence-corrected chi connectivity index (χ2v) is 7.76. The third-order valence-corrected chi connectivity index (χ3v) is 5.20. The molecule has 0 aliphatic carbocycles. The lowest BCUT2D eigenvalue weighted by atomic mass is 9.89. The minimum Gasteiger partial charge on any atom is -0.453 e. The highest BCUT2D eigenvalue weighted by atomic mass is 16.7. The van der Waals surface area contributed by atoms with E-state index in [-0.39, 0.29) is 45.0 Å². The molecule has 1 aromatic rings. The number of carbonyl (C=O) groups excluding carboxylic acids is 3.